The van der Waals surface area contributed by atoms with Crippen LogP contribution in [-0.4, -0.2) is 108 Å². The molecule has 0 spiro atoms. The van der Waals surface area contributed by atoms with Gasteiger partial charge in [0.15, 0.2) is 5.82 Å². The van der Waals surface area contributed by atoms with Crippen molar-refractivity contribution in [3.8, 4) is 22.9 Å². The summed E-state index contributed by atoms with van der Waals surface area (Å²) in [6.07, 6.45) is 6.92. The number of halogens is 3. The molecule has 3 amide bonds. The molecule has 1 aliphatic carbocycles. The van der Waals surface area contributed by atoms with E-state index in [4.69, 9.17) is 21.4 Å². The number of rotatable bonds is 10. The molecule has 0 radical (unpaired) electrons. The van der Waals surface area contributed by atoms with Crippen LogP contribution in [0.25, 0.3) is 11.1 Å². The number of piperidine rings is 1. The van der Waals surface area contributed by atoms with Crippen LogP contribution in [0.5, 0.6) is 5.75 Å². The lowest BCUT2D eigenvalue weighted by atomic mass is 9.49. The number of carbonyl (C=O) groups excluding carboxylic acids is 3. The van der Waals surface area contributed by atoms with Gasteiger partial charge in [0.2, 0.25) is 17.8 Å². The average molecular weight is 976 g/mol. The fraction of sp³-hybridized carbons (Fsp3) is 0.490. The Morgan fingerprint density at radius 2 is 1.69 bits per heavy atom. The maximum Gasteiger partial charge on any atom is 0.264 e. The molecule has 7 heterocycles. The number of nitrogens with one attached hydrogen (secondary N) is 1. The Balaban J connectivity index is 0.766. The van der Waals surface area contributed by atoms with Gasteiger partial charge in [0, 0.05) is 135 Å². The standard InChI is InChI=1S/C51H57ClF2N12O4/c1-29(67)63-17-13-41-39(28-63)44(65-14-7-8-31-18-37(34-24-58-61(6)25-34)38(43(53)54)20-42(31)65)60-66(41)35-26-64(27-35)46(69)30-11-15-62(16-12-30)49-56-22-33(23-57-49)45(68)59-47-50(2,3)48(51(47,4)5)70-36-10-9-32(21-55)40(52)19-36/h9-10,18-20,22-25,30,35,43,47-48H,7-8,11-17,26-28H2,1-6H3,(H,59,68). The van der Waals surface area contributed by atoms with Gasteiger partial charge in [0.1, 0.15) is 17.9 Å². The van der Waals surface area contributed by atoms with Crippen molar-refractivity contribution in [3.05, 3.63) is 93.7 Å². The molecule has 3 fully saturated rings. The van der Waals surface area contributed by atoms with Crippen molar-refractivity contribution in [1.82, 2.24) is 44.6 Å². The summed E-state index contributed by atoms with van der Waals surface area (Å²) in [5, 5.41) is 22.2. The lowest BCUT2D eigenvalue weighted by molar-refractivity contribution is -0.164. The van der Waals surface area contributed by atoms with Gasteiger partial charge in [-0.05, 0) is 61.1 Å². The van der Waals surface area contributed by atoms with E-state index in [1.54, 1.807) is 72.6 Å². The minimum atomic E-state index is -2.70. The molecule has 366 valence electrons. The van der Waals surface area contributed by atoms with Crippen LogP contribution in [0.15, 0.2) is 55.1 Å². The Kier molecular flexibility index (Phi) is 12.1. The summed E-state index contributed by atoms with van der Waals surface area (Å²) in [7, 11) is 1.77. The van der Waals surface area contributed by atoms with E-state index in [1.165, 1.54) is 0 Å². The van der Waals surface area contributed by atoms with Crippen LogP contribution in [0, 0.1) is 28.1 Å². The number of hydrogen-bond donors (Lipinski definition) is 1. The first-order chi connectivity index (χ1) is 33.4. The number of fused-ring (bicyclic) bond motifs is 2. The SMILES string of the molecule is CC(=O)N1CCc2c(c(N3CCCc4cc(-c5cnn(C)c5)c(C(F)F)cc43)nn2C2CN(C(=O)C3CCN(c4ncc(C(=O)NC5C(C)(C)C(Oc6ccc(C#N)c(Cl)c6)C5(C)C)cn4)CC3)C2)C1. The summed E-state index contributed by atoms with van der Waals surface area (Å²) in [6.45, 7) is 13.5. The third kappa shape index (κ3) is 8.28. The lowest BCUT2D eigenvalue weighted by Crippen LogP contribution is -2.74. The molecule has 2 aromatic carbocycles. The smallest absolute Gasteiger partial charge is 0.264 e. The number of carbonyl (C=O) groups is 3. The van der Waals surface area contributed by atoms with E-state index in [0.717, 1.165) is 29.7 Å². The molecule has 10 rings (SSSR count). The number of ether oxygens (including phenoxy) is 1. The van der Waals surface area contributed by atoms with E-state index < -0.39 is 17.3 Å². The Morgan fingerprint density at radius 3 is 2.33 bits per heavy atom. The van der Waals surface area contributed by atoms with Crippen LogP contribution < -0.4 is 19.9 Å². The van der Waals surface area contributed by atoms with E-state index in [2.05, 4.69) is 31.4 Å². The van der Waals surface area contributed by atoms with Crippen molar-refractivity contribution in [3.63, 3.8) is 0 Å². The molecule has 0 unspecified atom stereocenters. The quantitative estimate of drug-likeness (QED) is 0.148. The predicted molar refractivity (Wildman–Crippen MR) is 258 cm³/mol. The largest absolute Gasteiger partial charge is 0.489 e. The van der Waals surface area contributed by atoms with Gasteiger partial charge in [-0.1, -0.05) is 39.3 Å². The molecular formula is C51H57ClF2N12O4. The molecular weight excluding hydrogens is 918 g/mol. The minimum Gasteiger partial charge on any atom is -0.489 e. The third-order valence-corrected chi connectivity index (χ3v) is 15.7. The number of amides is 3. The summed E-state index contributed by atoms with van der Waals surface area (Å²) in [5.74, 6) is 1.38. The highest BCUT2D eigenvalue weighted by atomic mass is 35.5. The van der Waals surface area contributed by atoms with Crippen molar-refractivity contribution < 1.29 is 27.9 Å². The summed E-state index contributed by atoms with van der Waals surface area (Å²) in [4.78, 5) is 57.1. The van der Waals surface area contributed by atoms with E-state index >= 15 is 0 Å². The van der Waals surface area contributed by atoms with Crippen molar-refractivity contribution in [2.75, 3.05) is 49.1 Å². The number of nitriles is 1. The second-order valence-corrected chi connectivity index (χ2v) is 21.0. The number of likely N-dealkylation sites (tertiary alicyclic amines) is 1. The Morgan fingerprint density at radius 1 is 0.957 bits per heavy atom. The first kappa shape index (κ1) is 47.1. The van der Waals surface area contributed by atoms with Crippen molar-refractivity contribution >= 4 is 46.8 Å². The monoisotopic (exact) mass is 974 g/mol. The first-order valence-corrected chi connectivity index (χ1v) is 24.4. The molecule has 0 bridgehead atoms. The number of hydrogen-bond acceptors (Lipinski definition) is 11. The fourth-order valence-electron chi connectivity index (χ4n) is 11.9. The van der Waals surface area contributed by atoms with Gasteiger partial charge < -0.3 is 29.7 Å². The molecule has 16 nitrogen and oxygen atoms in total. The van der Waals surface area contributed by atoms with Crippen LogP contribution in [0.4, 0.5) is 26.2 Å². The molecule has 5 aromatic rings. The second kappa shape index (κ2) is 18.0. The number of aryl methyl sites for hydroxylation is 2. The van der Waals surface area contributed by atoms with E-state index in [9.17, 15) is 28.4 Å². The zero-order chi connectivity index (χ0) is 49.4. The van der Waals surface area contributed by atoms with Crippen LogP contribution in [0.2, 0.25) is 5.02 Å². The maximum atomic E-state index is 14.7. The van der Waals surface area contributed by atoms with Gasteiger partial charge in [-0.25, -0.2) is 18.7 Å². The fourth-order valence-corrected chi connectivity index (χ4v) is 12.1. The first-order valence-electron chi connectivity index (χ1n) is 24.0. The van der Waals surface area contributed by atoms with Gasteiger partial charge in [-0.15, -0.1) is 0 Å². The molecule has 1 N–H and O–H groups in total. The molecule has 19 heteroatoms. The lowest BCUT2D eigenvalue weighted by Gasteiger charge is -2.63. The molecule has 2 saturated heterocycles. The number of anilines is 3. The van der Waals surface area contributed by atoms with Crippen LogP contribution >= 0.6 is 11.6 Å². The predicted octanol–water partition coefficient (Wildman–Crippen LogP) is 7.44. The molecule has 5 aliphatic rings. The average Bonchev–Trinajstić information content (AvgIpc) is 3.94. The minimum absolute atomic E-state index is 0.0322. The highest BCUT2D eigenvalue weighted by Gasteiger charge is 2.64. The number of nitrogens with zero attached hydrogens (tertiary/aromatic N) is 11. The van der Waals surface area contributed by atoms with Gasteiger partial charge >= 0.3 is 0 Å². The summed E-state index contributed by atoms with van der Waals surface area (Å²) in [5.41, 5.74) is 4.53. The van der Waals surface area contributed by atoms with E-state index in [1.807, 2.05) is 48.2 Å². The molecule has 1 saturated carbocycles. The number of alkyl halides is 2. The van der Waals surface area contributed by atoms with E-state index in [-0.39, 0.29) is 47.4 Å². The van der Waals surface area contributed by atoms with Crippen LogP contribution in [0.3, 0.4) is 0 Å². The van der Waals surface area contributed by atoms with Crippen molar-refractivity contribution in [2.24, 2.45) is 23.8 Å². The summed E-state index contributed by atoms with van der Waals surface area (Å²) < 4.78 is 39.5. The van der Waals surface area contributed by atoms with Crippen LogP contribution in [-0.2, 0) is 36.0 Å². The summed E-state index contributed by atoms with van der Waals surface area (Å²) >= 11 is 6.26. The molecule has 0 atom stereocenters. The van der Waals surface area contributed by atoms with E-state index in [0.29, 0.717) is 116 Å². The van der Waals surface area contributed by atoms with Crippen LogP contribution in [0.1, 0.15) is 105 Å². The number of benzene rings is 2. The third-order valence-electron chi connectivity index (χ3n) is 15.4. The highest BCUT2D eigenvalue weighted by molar-refractivity contribution is 6.31. The Labute approximate surface area is 410 Å². The van der Waals surface area contributed by atoms with Gasteiger partial charge in [-0.2, -0.15) is 15.5 Å². The molecule has 3 aromatic heterocycles. The highest BCUT2D eigenvalue weighted by Crippen LogP contribution is 2.56. The topological polar surface area (TPSA) is 171 Å². The zero-order valence-electron chi connectivity index (χ0n) is 40.3. The normalized spacial score (nSPS) is 20.8. The Hall–Kier alpha value is -6.61. The Bertz CT molecular complexity index is 2900. The number of aromatic nitrogens is 6. The van der Waals surface area contributed by atoms with Gasteiger partial charge in [0.05, 0.1) is 34.9 Å². The van der Waals surface area contributed by atoms with Gasteiger partial charge in [0.25, 0.3) is 12.3 Å². The second-order valence-electron chi connectivity index (χ2n) is 20.6. The maximum absolute atomic E-state index is 14.7. The van der Waals surface area contributed by atoms with Crippen molar-refractivity contribution in [1.29, 1.82) is 5.26 Å². The summed E-state index contributed by atoms with van der Waals surface area (Å²) in [6, 6.07) is 10.3. The molecule has 70 heavy (non-hydrogen) atoms. The zero-order valence-corrected chi connectivity index (χ0v) is 41.0. The van der Waals surface area contributed by atoms with Crippen molar-refractivity contribution in [2.45, 2.75) is 97.9 Å². The molecule has 4 aliphatic heterocycles. The van der Waals surface area contributed by atoms with Gasteiger partial charge in [-0.3, -0.25) is 23.7 Å².